The molecule has 10 heteroatoms. The van der Waals surface area contributed by atoms with E-state index in [1.54, 1.807) is 18.3 Å². The minimum absolute atomic E-state index is 0.144. The van der Waals surface area contributed by atoms with Gasteiger partial charge in [0.05, 0.1) is 16.4 Å². The van der Waals surface area contributed by atoms with Crippen LogP contribution in [0.1, 0.15) is 20.3 Å². The van der Waals surface area contributed by atoms with Gasteiger partial charge in [-0.3, -0.25) is 4.98 Å². The molecule has 0 fully saturated rings. The highest BCUT2D eigenvalue weighted by molar-refractivity contribution is 6.32. The molecule has 1 atom stereocenters. The van der Waals surface area contributed by atoms with Crippen molar-refractivity contribution in [2.75, 3.05) is 10.6 Å². The van der Waals surface area contributed by atoms with Gasteiger partial charge in [-0.1, -0.05) is 24.6 Å². The second-order valence-corrected chi connectivity index (χ2v) is 6.86. The van der Waals surface area contributed by atoms with Gasteiger partial charge >= 0.3 is 6.36 Å². The van der Waals surface area contributed by atoms with Crippen LogP contribution in [0.5, 0.6) is 5.75 Å². The molecule has 0 aliphatic heterocycles. The number of nitrogens with zero attached hydrogens (tertiary/aromatic N) is 3. The first-order valence-electron chi connectivity index (χ1n) is 9.13. The number of alkyl halides is 3. The van der Waals surface area contributed by atoms with Crippen molar-refractivity contribution in [2.24, 2.45) is 0 Å². The summed E-state index contributed by atoms with van der Waals surface area (Å²) >= 11 is 5.93. The average Bonchev–Trinajstić information content (AvgIpc) is 2.69. The molecule has 2 aromatic heterocycles. The topological polar surface area (TPSA) is 72.0 Å². The molecule has 158 valence electrons. The number of nitrogens with one attached hydrogen (secondary N) is 2. The van der Waals surface area contributed by atoms with Gasteiger partial charge < -0.3 is 15.4 Å². The molecule has 0 aliphatic carbocycles. The summed E-state index contributed by atoms with van der Waals surface area (Å²) in [5.41, 5.74) is 1.68. The lowest BCUT2D eigenvalue weighted by atomic mass is 10.2. The minimum atomic E-state index is -4.82. The number of pyridine rings is 1. The van der Waals surface area contributed by atoms with Crippen molar-refractivity contribution in [1.29, 1.82) is 0 Å². The van der Waals surface area contributed by atoms with Crippen LogP contribution in [0.4, 0.5) is 30.6 Å². The van der Waals surface area contributed by atoms with Gasteiger partial charge in [0.2, 0.25) is 5.95 Å². The highest BCUT2D eigenvalue weighted by atomic mass is 35.5. The summed E-state index contributed by atoms with van der Waals surface area (Å²) in [7, 11) is 0. The Labute approximate surface area is 176 Å². The third-order valence-corrected chi connectivity index (χ3v) is 4.37. The maximum Gasteiger partial charge on any atom is 0.573 e. The Morgan fingerprint density at radius 2 is 1.90 bits per heavy atom. The predicted octanol–water partition coefficient (Wildman–Crippen LogP) is 6.04. The highest BCUT2D eigenvalue weighted by Crippen LogP contribution is 2.33. The van der Waals surface area contributed by atoms with Gasteiger partial charge in [0.1, 0.15) is 11.6 Å². The van der Waals surface area contributed by atoms with Crippen molar-refractivity contribution < 1.29 is 17.9 Å². The van der Waals surface area contributed by atoms with E-state index in [9.17, 15) is 13.2 Å². The van der Waals surface area contributed by atoms with Crippen LogP contribution in [0.25, 0.3) is 11.4 Å². The van der Waals surface area contributed by atoms with Crippen LogP contribution in [0, 0.1) is 0 Å². The molecule has 3 aromatic rings. The van der Waals surface area contributed by atoms with Gasteiger partial charge in [-0.2, -0.15) is 4.98 Å². The lowest BCUT2D eigenvalue weighted by Gasteiger charge is -2.15. The molecule has 0 aliphatic rings. The fourth-order valence-electron chi connectivity index (χ4n) is 2.48. The van der Waals surface area contributed by atoms with Crippen molar-refractivity contribution in [3.8, 4) is 17.1 Å². The smallest absolute Gasteiger partial charge is 0.404 e. The fourth-order valence-corrected chi connectivity index (χ4v) is 2.70. The van der Waals surface area contributed by atoms with E-state index in [0.29, 0.717) is 28.8 Å². The fraction of sp³-hybridized carbons (Fsp3) is 0.250. The Balaban J connectivity index is 1.91. The number of halogens is 4. The van der Waals surface area contributed by atoms with Crippen LogP contribution in [0.3, 0.4) is 0 Å². The molecule has 0 amide bonds. The Bertz CT molecular complexity index is 1000. The van der Waals surface area contributed by atoms with Gasteiger partial charge in [-0.05, 0) is 43.7 Å². The number of hydrogen-bond donors (Lipinski definition) is 2. The summed E-state index contributed by atoms with van der Waals surface area (Å²) < 4.78 is 41.2. The van der Waals surface area contributed by atoms with Crippen LogP contribution in [-0.2, 0) is 0 Å². The van der Waals surface area contributed by atoms with Gasteiger partial charge in [0.25, 0.3) is 0 Å². The molecule has 0 unspecified atom stereocenters. The molecule has 0 bridgehead atoms. The zero-order valence-corrected chi connectivity index (χ0v) is 16.9. The standard InChI is InChI=1S/C20H19ClF3N5O/c1-3-12(2)26-19-28-16(15-6-4-5-9-25-15)11-18(29-19)27-13-7-8-17(14(21)10-13)30-20(22,23)24/h4-12H,3H2,1-2H3,(H2,26,27,28,29)/t12-/m0/s1. The maximum absolute atomic E-state index is 12.4. The monoisotopic (exact) mass is 437 g/mol. The Kier molecular flexibility index (Phi) is 6.61. The van der Waals surface area contributed by atoms with E-state index in [0.717, 1.165) is 12.5 Å². The summed E-state index contributed by atoms with van der Waals surface area (Å²) in [6.45, 7) is 4.04. The predicted molar refractivity (Wildman–Crippen MR) is 110 cm³/mol. The number of aromatic nitrogens is 3. The van der Waals surface area contributed by atoms with Crippen molar-refractivity contribution in [3.05, 3.63) is 53.7 Å². The van der Waals surface area contributed by atoms with E-state index < -0.39 is 12.1 Å². The molecule has 6 nitrogen and oxygen atoms in total. The average molecular weight is 438 g/mol. The van der Waals surface area contributed by atoms with E-state index in [1.165, 1.54) is 12.1 Å². The Morgan fingerprint density at radius 3 is 2.53 bits per heavy atom. The van der Waals surface area contributed by atoms with Crippen LogP contribution in [0.15, 0.2) is 48.7 Å². The zero-order chi connectivity index (χ0) is 21.7. The summed E-state index contributed by atoms with van der Waals surface area (Å²) in [5.74, 6) is 0.348. The number of benzene rings is 1. The van der Waals surface area contributed by atoms with E-state index in [-0.39, 0.29) is 11.1 Å². The molecule has 0 saturated carbocycles. The van der Waals surface area contributed by atoms with E-state index >= 15 is 0 Å². The molecule has 2 heterocycles. The molecule has 3 rings (SSSR count). The normalized spacial score (nSPS) is 12.3. The molecular weight excluding hydrogens is 419 g/mol. The second-order valence-electron chi connectivity index (χ2n) is 6.45. The Morgan fingerprint density at radius 1 is 1.10 bits per heavy atom. The first-order valence-corrected chi connectivity index (χ1v) is 9.50. The quantitative estimate of drug-likeness (QED) is 0.469. The second kappa shape index (κ2) is 9.17. The number of ether oxygens (including phenoxy) is 1. The van der Waals surface area contributed by atoms with Crippen molar-refractivity contribution in [3.63, 3.8) is 0 Å². The molecule has 2 N–H and O–H groups in total. The lowest BCUT2D eigenvalue weighted by Crippen LogP contribution is -2.17. The number of rotatable bonds is 7. The minimum Gasteiger partial charge on any atom is -0.404 e. The number of hydrogen-bond acceptors (Lipinski definition) is 6. The lowest BCUT2D eigenvalue weighted by molar-refractivity contribution is -0.274. The molecule has 30 heavy (non-hydrogen) atoms. The third-order valence-electron chi connectivity index (χ3n) is 4.07. The number of anilines is 3. The van der Waals surface area contributed by atoms with Gasteiger partial charge in [-0.25, -0.2) is 4.98 Å². The van der Waals surface area contributed by atoms with Crippen LogP contribution in [0.2, 0.25) is 5.02 Å². The van der Waals surface area contributed by atoms with E-state index in [2.05, 4.69) is 30.3 Å². The van der Waals surface area contributed by atoms with Gasteiger partial charge in [0, 0.05) is 24.0 Å². The van der Waals surface area contributed by atoms with Crippen molar-refractivity contribution >= 4 is 29.1 Å². The molecule has 0 spiro atoms. The SMILES string of the molecule is CC[C@H](C)Nc1nc(Nc2ccc(OC(F)(F)F)c(Cl)c2)cc(-c2ccccn2)n1. The largest absolute Gasteiger partial charge is 0.573 e. The van der Waals surface area contributed by atoms with E-state index in [1.807, 2.05) is 26.0 Å². The zero-order valence-electron chi connectivity index (χ0n) is 16.2. The summed E-state index contributed by atoms with van der Waals surface area (Å²) in [4.78, 5) is 13.3. The van der Waals surface area contributed by atoms with Crippen LogP contribution in [-0.4, -0.2) is 27.4 Å². The Hall–Kier alpha value is -3.07. The molecule has 0 saturated heterocycles. The third kappa shape index (κ3) is 5.96. The summed E-state index contributed by atoms with van der Waals surface area (Å²) in [6, 6.07) is 11.2. The van der Waals surface area contributed by atoms with Gasteiger partial charge in [-0.15, -0.1) is 13.2 Å². The highest BCUT2D eigenvalue weighted by Gasteiger charge is 2.32. The first kappa shape index (κ1) is 21.6. The van der Waals surface area contributed by atoms with Crippen molar-refractivity contribution in [2.45, 2.75) is 32.7 Å². The molecule has 0 radical (unpaired) electrons. The maximum atomic E-state index is 12.4. The van der Waals surface area contributed by atoms with E-state index in [4.69, 9.17) is 11.6 Å². The first-order chi connectivity index (χ1) is 14.2. The van der Waals surface area contributed by atoms with Crippen LogP contribution < -0.4 is 15.4 Å². The summed E-state index contributed by atoms with van der Waals surface area (Å²) in [6.07, 6.45) is -2.29. The molecular formula is C20H19ClF3N5O. The molecule has 1 aromatic carbocycles. The summed E-state index contributed by atoms with van der Waals surface area (Å²) in [5, 5.41) is 6.06. The van der Waals surface area contributed by atoms with Crippen molar-refractivity contribution in [1.82, 2.24) is 15.0 Å². The van der Waals surface area contributed by atoms with Gasteiger partial charge in [0.15, 0.2) is 0 Å². The van der Waals surface area contributed by atoms with Crippen LogP contribution >= 0.6 is 11.6 Å².